The Morgan fingerprint density at radius 1 is 0.368 bits per heavy atom. The van der Waals surface area contributed by atoms with E-state index in [0.29, 0.717) is 6.04 Å². The van der Waals surface area contributed by atoms with Crippen molar-refractivity contribution in [1.82, 2.24) is 9.80 Å². The molecule has 0 rings (SSSR count). The standard InChI is InChI=1S/2C16H35N.2C2H6/c1-5-6-7-8-9-10-11-12-13-14-15-17(4)16(2)3;1-4-5-6-7-8-9-10-11-12-13-14-15-16-17(2)3;2*1-2/h16H,5-15H2,1-4H3;4-16H2,1-3H3;2*1-2H3. The molecule has 0 spiro atoms. The number of nitrogens with zero attached hydrogens (tertiary/aromatic N) is 2. The molecule has 0 saturated carbocycles. The largest absolute Gasteiger partial charge is 0.309 e. The summed E-state index contributed by atoms with van der Waals surface area (Å²) in [5.41, 5.74) is 0. The zero-order chi connectivity index (χ0) is 29.7. The normalized spacial score (nSPS) is 10.6. The fraction of sp³-hybridized carbons (Fsp3) is 1.00. The Kier molecular flexibility index (Phi) is 52.0. The van der Waals surface area contributed by atoms with Gasteiger partial charge in [0.15, 0.2) is 0 Å². The molecule has 236 valence electrons. The van der Waals surface area contributed by atoms with Crippen LogP contribution in [-0.2, 0) is 0 Å². The summed E-state index contributed by atoms with van der Waals surface area (Å²) >= 11 is 0. The molecule has 0 aliphatic rings. The molecule has 0 aromatic rings. The van der Waals surface area contributed by atoms with E-state index in [9.17, 15) is 0 Å². The molecule has 0 saturated heterocycles. The fourth-order valence-corrected chi connectivity index (χ4v) is 4.38. The van der Waals surface area contributed by atoms with Gasteiger partial charge in [-0.3, -0.25) is 0 Å². The van der Waals surface area contributed by atoms with Crippen molar-refractivity contribution in [1.29, 1.82) is 0 Å². The summed E-state index contributed by atoms with van der Waals surface area (Å²) in [6.45, 7) is 19.7. The van der Waals surface area contributed by atoms with Crippen molar-refractivity contribution < 1.29 is 0 Å². The van der Waals surface area contributed by atoms with Gasteiger partial charge in [0.05, 0.1) is 0 Å². The highest BCUT2D eigenvalue weighted by atomic mass is 15.1. The van der Waals surface area contributed by atoms with Crippen molar-refractivity contribution in [3.63, 3.8) is 0 Å². The topological polar surface area (TPSA) is 6.48 Å². The molecule has 0 atom stereocenters. The first-order valence-corrected chi connectivity index (χ1v) is 17.8. The van der Waals surface area contributed by atoms with Gasteiger partial charge in [0, 0.05) is 6.04 Å². The van der Waals surface area contributed by atoms with Crippen molar-refractivity contribution in [2.45, 2.75) is 203 Å². The van der Waals surface area contributed by atoms with Gasteiger partial charge >= 0.3 is 0 Å². The highest BCUT2D eigenvalue weighted by Gasteiger charge is 2.01. The molecule has 0 heterocycles. The van der Waals surface area contributed by atoms with Gasteiger partial charge in [0.25, 0.3) is 0 Å². The Labute approximate surface area is 246 Å². The highest BCUT2D eigenvalue weighted by Crippen LogP contribution is 2.12. The average Bonchev–Trinajstić information content (AvgIpc) is 2.92. The van der Waals surface area contributed by atoms with Crippen molar-refractivity contribution in [3.8, 4) is 0 Å². The van der Waals surface area contributed by atoms with Gasteiger partial charge in [-0.25, -0.2) is 0 Å². The Hall–Kier alpha value is -0.0800. The van der Waals surface area contributed by atoms with Crippen LogP contribution >= 0.6 is 0 Å². The molecule has 0 amide bonds. The van der Waals surface area contributed by atoms with E-state index in [4.69, 9.17) is 0 Å². The van der Waals surface area contributed by atoms with Crippen molar-refractivity contribution in [2.24, 2.45) is 0 Å². The maximum atomic E-state index is 2.45. The third-order valence-corrected chi connectivity index (χ3v) is 7.20. The summed E-state index contributed by atoms with van der Waals surface area (Å²) < 4.78 is 0. The molecule has 38 heavy (non-hydrogen) atoms. The zero-order valence-corrected chi connectivity index (χ0v) is 29.4. The zero-order valence-electron chi connectivity index (χ0n) is 29.4. The first-order chi connectivity index (χ1) is 18.5. The molecule has 0 radical (unpaired) electrons. The van der Waals surface area contributed by atoms with Crippen molar-refractivity contribution in [2.75, 3.05) is 34.2 Å². The van der Waals surface area contributed by atoms with E-state index in [1.807, 2.05) is 27.7 Å². The second-order valence-electron chi connectivity index (χ2n) is 11.4. The van der Waals surface area contributed by atoms with Crippen molar-refractivity contribution in [3.05, 3.63) is 0 Å². The van der Waals surface area contributed by atoms with E-state index in [0.717, 1.165) is 0 Å². The Bertz CT molecular complexity index is 340. The maximum absolute atomic E-state index is 2.45. The first kappa shape index (κ1) is 44.9. The van der Waals surface area contributed by atoms with E-state index in [2.05, 4.69) is 58.6 Å². The Morgan fingerprint density at radius 2 is 0.605 bits per heavy atom. The van der Waals surface area contributed by atoms with E-state index in [-0.39, 0.29) is 0 Å². The van der Waals surface area contributed by atoms with Gasteiger partial charge in [-0.2, -0.15) is 0 Å². The van der Waals surface area contributed by atoms with Crippen LogP contribution in [0.2, 0.25) is 0 Å². The van der Waals surface area contributed by atoms with E-state index >= 15 is 0 Å². The van der Waals surface area contributed by atoms with Crippen LogP contribution in [0.4, 0.5) is 0 Å². The van der Waals surface area contributed by atoms with Gasteiger partial charge in [0.1, 0.15) is 0 Å². The molecule has 0 unspecified atom stereocenters. The van der Waals surface area contributed by atoms with Crippen LogP contribution in [-0.4, -0.2) is 50.1 Å². The number of hydrogen-bond acceptors (Lipinski definition) is 2. The maximum Gasteiger partial charge on any atom is 0.00355 e. The van der Waals surface area contributed by atoms with E-state index in [1.165, 1.54) is 154 Å². The average molecular weight is 543 g/mol. The lowest BCUT2D eigenvalue weighted by Crippen LogP contribution is -2.27. The number of rotatable bonds is 25. The summed E-state index contributed by atoms with van der Waals surface area (Å²) in [7, 11) is 6.56. The first-order valence-electron chi connectivity index (χ1n) is 17.8. The van der Waals surface area contributed by atoms with Gasteiger partial charge in [-0.1, -0.05) is 170 Å². The summed E-state index contributed by atoms with van der Waals surface area (Å²) in [4.78, 5) is 4.74. The third kappa shape index (κ3) is 48.9. The number of hydrogen-bond donors (Lipinski definition) is 0. The van der Waals surface area contributed by atoms with Gasteiger partial charge in [-0.05, 0) is 60.9 Å². The van der Waals surface area contributed by atoms with Gasteiger partial charge in [-0.15, -0.1) is 0 Å². The van der Waals surface area contributed by atoms with Crippen LogP contribution in [0.25, 0.3) is 0 Å². The number of unbranched alkanes of at least 4 members (excludes halogenated alkanes) is 20. The van der Waals surface area contributed by atoms with Crippen LogP contribution in [0.1, 0.15) is 197 Å². The SMILES string of the molecule is CC.CC.CCCCCCCCCCCCCCN(C)C.CCCCCCCCCCCCN(C)C(C)C. The molecular formula is C36H82N2. The highest BCUT2D eigenvalue weighted by molar-refractivity contribution is 4.57. The van der Waals surface area contributed by atoms with Crippen LogP contribution in [0.5, 0.6) is 0 Å². The Morgan fingerprint density at radius 3 is 0.842 bits per heavy atom. The quantitative estimate of drug-likeness (QED) is 0.106. The van der Waals surface area contributed by atoms with Crippen LogP contribution in [0, 0.1) is 0 Å². The molecule has 0 N–H and O–H groups in total. The minimum Gasteiger partial charge on any atom is -0.309 e. The fourth-order valence-electron chi connectivity index (χ4n) is 4.38. The smallest absolute Gasteiger partial charge is 0.00355 e. The van der Waals surface area contributed by atoms with Crippen LogP contribution in [0.15, 0.2) is 0 Å². The van der Waals surface area contributed by atoms with E-state index in [1.54, 1.807) is 0 Å². The molecule has 0 bridgehead atoms. The predicted octanol–water partition coefficient (Wildman–Crippen LogP) is 12.5. The summed E-state index contributed by atoms with van der Waals surface area (Å²) in [5.74, 6) is 0. The lowest BCUT2D eigenvalue weighted by Gasteiger charge is -2.20. The molecule has 2 heteroatoms. The monoisotopic (exact) mass is 543 g/mol. The second kappa shape index (κ2) is 44.0. The van der Waals surface area contributed by atoms with Gasteiger partial charge in [0.2, 0.25) is 0 Å². The van der Waals surface area contributed by atoms with Crippen LogP contribution in [0.3, 0.4) is 0 Å². The molecule has 0 aromatic carbocycles. The minimum absolute atomic E-state index is 0.702. The molecule has 0 fully saturated rings. The molecule has 0 aliphatic heterocycles. The molecule has 0 aliphatic carbocycles. The summed E-state index contributed by atoms with van der Waals surface area (Å²) in [5, 5.41) is 0. The van der Waals surface area contributed by atoms with Crippen molar-refractivity contribution >= 4 is 0 Å². The third-order valence-electron chi connectivity index (χ3n) is 7.20. The van der Waals surface area contributed by atoms with Crippen LogP contribution < -0.4 is 0 Å². The lowest BCUT2D eigenvalue weighted by molar-refractivity contribution is 0.267. The molecular weight excluding hydrogens is 460 g/mol. The summed E-state index contributed by atoms with van der Waals surface area (Å²) in [6.07, 6.45) is 31.7. The van der Waals surface area contributed by atoms with Gasteiger partial charge < -0.3 is 9.80 Å². The molecule has 0 aromatic heterocycles. The van der Waals surface area contributed by atoms with E-state index < -0.39 is 0 Å². The lowest BCUT2D eigenvalue weighted by atomic mass is 10.1. The minimum atomic E-state index is 0.702. The Balaban J connectivity index is -0.000000268. The molecule has 2 nitrogen and oxygen atoms in total. The second-order valence-corrected chi connectivity index (χ2v) is 11.4. The predicted molar refractivity (Wildman–Crippen MR) is 182 cm³/mol. The summed E-state index contributed by atoms with van der Waals surface area (Å²) in [6, 6.07) is 0.702.